The number of benzene rings is 1. The second-order valence-electron chi connectivity index (χ2n) is 3.65. The number of nitrogens with zero attached hydrogens (tertiary/aromatic N) is 1. The molecule has 17 heavy (non-hydrogen) atoms. The maximum Gasteiger partial charge on any atom is 0.147 e. The van der Waals surface area contributed by atoms with Crippen molar-refractivity contribution in [3.05, 3.63) is 53.3 Å². The Labute approximate surface area is 105 Å². The average Bonchev–Trinajstić information content (AvgIpc) is 2.29. The lowest BCUT2D eigenvalue weighted by atomic mass is 10.1. The van der Waals surface area contributed by atoms with Gasteiger partial charge in [0.15, 0.2) is 0 Å². The minimum atomic E-state index is -0.585. The SMILES string of the molecule is CC(O)c1ccccc1Oc1cncc(Cl)c1. The first-order chi connectivity index (χ1) is 8.16. The van der Waals surface area contributed by atoms with E-state index in [9.17, 15) is 5.11 Å². The third-order valence-corrected chi connectivity index (χ3v) is 2.48. The van der Waals surface area contributed by atoms with Gasteiger partial charge in [-0.1, -0.05) is 29.8 Å². The van der Waals surface area contributed by atoms with E-state index in [1.807, 2.05) is 18.2 Å². The summed E-state index contributed by atoms with van der Waals surface area (Å²) in [6.07, 6.45) is 2.53. The van der Waals surface area contributed by atoms with E-state index in [2.05, 4.69) is 4.98 Å². The van der Waals surface area contributed by atoms with Crippen LogP contribution in [0.4, 0.5) is 0 Å². The molecular formula is C13H12ClNO2. The summed E-state index contributed by atoms with van der Waals surface area (Å²) in [7, 11) is 0. The van der Waals surface area contributed by atoms with Crippen LogP contribution in [0.1, 0.15) is 18.6 Å². The highest BCUT2D eigenvalue weighted by molar-refractivity contribution is 6.30. The van der Waals surface area contributed by atoms with Crippen LogP contribution in [0.25, 0.3) is 0 Å². The van der Waals surface area contributed by atoms with E-state index in [1.165, 1.54) is 6.20 Å². The molecule has 1 atom stereocenters. The van der Waals surface area contributed by atoms with Crippen molar-refractivity contribution in [2.24, 2.45) is 0 Å². The van der Waals surface area contributed by atoms with Crippen LogP contribution >= 0.6 is 11.6 Å². The molecule has 0 spiro atoms. The maximum absolute atomic E-state index is 9.62. The highest BCUT2D eigenvalue weighted by Gasteiger charge is 2.09. The number of hydrogen-bond donors (Lipinski definition) is 1. The number of pyridine rings is 1. The van der Waals surface area contributed by atoms with Gasteiger partial charge in [-0.15, -0.1) is 0 Å². The second-order valence-corrected chi connectivity index (χ2v) is 4.09. The van der Waals surface area contributed by atoms with Crippen LogP contribution < -0.4 is 4.74 Å². The van der Waals surface area contributed by atoms with Gasteiger partial charge >= 0.3 is 0 Å². The van der Waals surface area contributed by atoms with Gasteiger partial charge in [-0.3, -0.25) is 4.98 Å². The van der Waals surface area contributed by atoms with E-state index in [-0.39, 0.29) is 0 Å². The lowest BCUT2D eigenvalue weighted by Crippen LogP contribution is -1.95. The van der Waals surface area contributed by atoms with Crippen molar-refractivity contribution in [1.29, 1.82) is 0 Å². The first kappa shape index (κ1) is 11.9. The predicted molar refractivity (Wildman–Crippen MR) is 66.4 cm³/mol. The molecule has 88 valence electrons. The summed E-state index contributed by atoms with van der Waals surface area (Å²) in [5.41, 5.74) is 0.729. The summed E-state index contributed by atoms with van der Waals surface area (Å²) in [5, 5.41) is 10.1. The Kier molecular flexibility index (Phi) is 3.61. The molecule has 1 heterocycles. The molecule has 0 amide bonds. The molecule has 3 nitrogen and oxygen atoms in total. The van der Waals surface area contributed by atoms with Crippen LogP contribution in [-0.2, 0) is 0 Å². The number of aliphatic hydroxyl groups is 1. The number of rotatable bonds is 3. The van der Waals surface area contributed by atoms with Crippen molar-refractivity contribution < 1.29 is 9.84 Å². The minimum Gasteiger partial charge on any atom is -0.455 e. The Balaban J connectivity index is 2.30. The molecule has 0 radical (unpaired) electrons. The molecule has 1 aromatic carbocycles. The van der Waals surface area contributed by atoms with Crippen LogP contribution in [0.5, 0.6) is 11.5 Å². The summed E-state index contributed by atoms with van der Waals surface area (Å²) >= 11 is 5.82. The van der Waals surface area contributed by atoms with Crippen LogP contribution in [0.2, 0.25) is 5.02 Å². The summed E-state index contributed by atoms with van der Waals surface area (Å²) in [6.45, 7) is 1.69. The number of para-hydroxylation sites is 1. The number of halogens is 1. The van der Waals surface area contributed by atoms with Crippen molar-refractivity contribution >= 4 is 11.6 Å². The van der Waals surface area contributed by atoms with Crippen molar-refractivity contribution in [3.8, 4) is 11.5 Å². The van der Waals surface area contributed by atoms with E-state index >= 15 is 0 Å². The van der Waals surface area contributed by atoms with Gasteiger partial charge in [-0.2, -0.15) is 0 Å². The molecule has 0 aliphatic rings. The topological polar surface area (TPSA) is 42.4 Å². The summed E-state index contributed by atoms with van der Waals surface area (Å²) in [4.78, 5) is 3.94. The van der Waals surface area contributed by atoms with Gasteiger partial charge in [0.1, 0.15) is 11.5 Å². The molecule has 2 aromatic rings. The van der Waals surface area contributed by atoms with Gasteiger partial charge in [-0.25, -0.2) is 0 Å². The van der Waals surface area contributed by atoms with Gasteiger partial charge in [0, 0.05) is 17.8 Å². The van der Waals surface area contributed by atoms with Crippen molar-refractivity contribution in [1.82, 2.24) is 4.98 Å². The molecule has 0 aliphatic heterocycles. The van der Waals surface area contributed by atoms with Crippen LogP contribution in [-0.4, -0.2) is 10.1 Å². The van der Waals surface area contributed by atoms with Crippen molar-refractivity contribution in [2.45, 2.75) is 13.0 Å². The number of aromatic nitrogens is 1. The molecule has 0 saturated heterocycles. The normalized spacial score (nSPS) is 12.2. The zero-order valence-electron chi connectivity index (χ0n) is 9.30. The number of aliphatic hydroxyl groups excluding tert-OH is 1. The Morgan fingerprint density at radius 1 is 1.29 bits per heavy atom. The van der Waals surface area contributed by atoms with Gasteiger partial charge < -0.3 is 9.84 Å². The Hall–Kier alpha value is -1.58. The van der Waals surface area contributed by atoms with Gasteiger partial charge in [0.2, 0.25) is 0 Å². The summed E-state index contributed by atoms with van der Waals surface area (Å²) in [6, 6.07) is 8.98. The second kappa shape index (κ2) is 5.17. The smallest absolute Gasteiger partial charge is 0.147 e. The third kappa shape index (κ3) is 2.96. The largest absolute Gasteiger partial charge is 0.455 e. The molecule has 0 bridgehead atoms. The van der Waals surface area contributed by atoms with E-state index < -0.39 is 6.10 Å². The van der Waals surface area contributed by atoms with Crippen molar-refractivity contribution in [3.63, 3.8) is 0 Å². The molecule has 1 unspecified atom stereocenters. The summed E-state index contributed by atoms with van der Waals surface area (Å²) in [5.74, 6) is 1.15. The molecule has 2 rings (SSSR count). The molecule has 1 aromatic heterocycles. The minimum absolute atomic E-state index is 0.511. The van der Waals surface area contributed by atoms with E-state index in [4.69, 9.17) is 16.3 Å². The van der Waals surface area contributed by atoms with E-state index in [0.29, 0.717) is 16.5 Å². The molecule has 4 heteroatoms. The fourth-order valence-corrected chi connectivity index (χ4v) is 1.66. The van der Waals surface area contributed by atoms with Crippen LogP contribution in [0.3, 0.4) is 0 Å². The Morgan fingerprint density at radius 3 is 2.76 bits per heavy atom. The lowest BCUT2D eigenvalue weighted by molar-refractivity contribution is 0.195. The molecule has 1 N–H and O–H groups in total. The predicted octanol–water partition coefficient (Wildman–Crippen LogP) is 3.58. The van der Waals surface area contributed by atoms with E-state index in [1.54, 1.807) is 25.3 Å². The number of hydrogen-bond acceptors (Lipinski definition) is 3. The first-order valence-electron chi connectivity index (χ1n) is 5.22. The van der Waals surface area contributed by atoms with Gasteiger partial charge in [0.05, 0.1) is 17.3 Å². The molecular weight excluding hydrogens is 238 g/mol. The van der Waals surface area contributed by atoms with E-state index in [0.717, 1.165) is 5.56 Å². The van der Waals surface area contributed by atoms with Gasteiger partial charge in [-0.05, 0) is 13.0 Å². The highest BCUT2D eigenvalue weighted by Crippen LogP contribution is 2.29. The third-order valence-electron chi connectivity index (χ3n) is 2.28. The zero-order chi connectivity index (χ0) is 12.3. The monoisotopic (exact) mass is 249 g/mol. The first-order valence-corrected chi connectivity index (χ1v) is 5.60. The average molecular weight is 250 g/mol. The van der Waals surface area contributed by atoms with Crippen molar-refractivity contribution in [2.75, 3.05) is 0 Å². The quantitative estimate of drug-likeness (QED) is 0.904. The highest BCUT2D eigenvalue weighted by atomic mass is 35.5. The fourth-order valence-electron chi connectivity index (χ4n) is 1.49. The molecule has 0 aliphatic carbocycles. The lowest BCUT2D eigenvalue weighted by Gasteiger charge is -2.12. The van der Waals surface area contributed by atoms with Crippen LogP contribution in [0, 0.1) is 0 Å². The Bertz CT molecular complexity index is 514. The molecule has 0 fully saturated rings. The summed E-state index contributed by atoms with van der Waals surface area (Å²) < 4.78 is 5.64. The molecule has 0 saturated carbocycles. The number of ether oxygens (including phenoxy) is 1. The standard InChI is InChI=1S/C13H12ClNO2/c1-9(16)12-4-2-3-5-13(12)17-11-6-10(14)7-15-8-11/h2-9,16H,1H3. The van der Waals surface area contributed by atoms with Crippen LogP contribution in [0.15, 0.2) is 42.7 Å². The fraction of sp³-hybridized carbons (Fsp3) is 0.154. The Morgan fingerprint density at radius 2 is 2.06 bits per heavy atom. The maximum atomic E-state index is 9.62. The zero-order valence-corrected chi connectivity index (χ0v) is 10.1. The van der Waals surface area contributed by atoms with Gasteiger partial charge in [0.25, 0.3) is 0 Å².